The molecular weight excluding hydrogens is 479 g/mol. The van der Waals surface area contributed by atoms with Gasteiger partial charge in [0.1, 0.15) is 11.6 Å². The molecule has 1 saturated carbocycles. The molecule has 0 atom stereocenters. The maximum atomic E-state index is 6.03. The van der Waals surface area contributed by atoms with Crippen molar-refractivity contribution in [3.63, 3.8) is 0 Å². The van der Waals surface area contributed by atoms with Crippen LogP contribution in [0, 0.1) is 0 Å². The first-order valence-electron chi connectivity index (χ1n) is 11.3. The highest BCUT2D eigenvalue weighted by molar-refractivity contribution is 14.0. The summed E-state index contributed by atoms with van der Waals surface area (Å²) < 4.78 is 8.37. The highest BCUT2D eigenvalue weighted by Gasteiger charge is 2.14. The van der Waals surface area contributed by atoms with E-state index in [0.717, 1.165) is 57.3 Å². The standard InChI is InChI=1S/C21H38N6O.HI/c1-22-21(24-15-17-28-18-10-5-2-3-6-11-18)23-14-9-13-20-26-25-19-12-7-4-8-16-27(19)20;/h18H,2-17H2,1H3,(H2,22,23,24);1H. The second-order valence-corrected chi connectivity index (χ2v) is 8.01. The molecule has 1 aliphatic carbocycles. The quantitative estimate of drug-likeness (QED) is 0.181. The maximum Gasteiger partial charge on any atom is 0.191 e. The van der Waals surface area contributed by atoms with Crippen molar-refractivity contribution in [2.75, 3.05) is 26.7 Å². The number of rotatable bonds is 8. The Bertz CT molecular complexity index is 598. The van der Waals surface area contributed by atoms with Gasteiger partial charge in [0, 0.05) is 39.5 Å². The highest BCUT2D eigenvalue weighted by Crippen LogP contribution is 2.19. The predicted octanol–water partition coefficient (Wildman–Crippen LogP) is 3.46. The number of nitrogens with one attached hydrogen (secondary N) is 2. The van der Waals surface area contributed by atoms with Crippen LogP contribution in [-0.2, 0) is 24.1 Å². The van der Waals surface area contributed by atoms with E-state index in [0.29, 0.717) is 6.10 Å². The number of ether oxygens (including phenoxy) is 1. The molecular formula is C21H39IN6O. The molecule has 0 bridgehead atoms. The van der Waals surface area contributed by atoms with Crippen molar-refractivity contribution in [1.82, 2.24) is 25.4 Å². The van der Waals surface area contributed by atoms with E-state index >= 15 is 0 Å². The van der Waals surface area contributed by atoms with Crippen LogP contribution in [0.25, 0.3) is 0 Å². The first-order chi connectivity index (χ1) is 13.9. The van der Waals surface area contributed by atoms with Gasteiger partial charge in [-0.05, 0) is 32.1 Å². The van der Waals surface area contributed by atoms with Crippen molar-refractivity contribution >= 4 is 29.9 Å². The van der Waals surface area contributed by atoms with Crippen molar-refractivity contribution in [2.24, 2.45) is 4.99 Å². The number of hydrogen-bond acceptors (Lipinski definition) is 4. The van der Waals surface area contributed by atoms with Crippen LogP contribution in [0.1, 0.15) is 75.9 Å². The first-order valence-corrected chi connectivity index (χ1v) is 11.3. The number of guanidine groups is 1. The van der Waals surface area contributed by atoms with Gasteiger partial charge < -0.3 is 19.9 Å². The minimum absolute atomic E-state index is 0. The van der Waals surface area contributed by atoms with Gasteiger partial charge in [-0.3, -0.25) is 4.99 Å². The molecule has 7 nitrogen and oxygen atoms in total. The average molecular weight is 518 g/mol. The first kappa shape index (κ1) is 24.4. The molecule has 29 heavy (non-hydrogen) atoms. The summed E-state index contributed by atoms with van der Waals surface area (Å²) in [7, 11) is 1.82. The second-order valence-electron chi connectivity index (χ2n) is 8.01. The van der Waals surface area contributed by atoms with Gasteiger partial charge in [0.05, 0.1) is 12.7 Å². The number of halogens is 1. The molecule has 166 valence electrons. The van der Waals surface area contributed by atoms with Crippen LogP contribution in [0.5, 0.6) is 0 Å². The predicted molar refractivity (Wildman–Crippen MR) is 128 cm³/mol. The minimum Gasteiger partial charge on any atom is -0.376 e. The van der Waals surface area contributed by atoms with E-state index in [9.17, 15) is 0 Å². The Morgan fingerprint density at radius 2 is 1.79 bits per heavy atom. The van der Waals surface area contributed by atoms with Crippen molar-refractivity contribution in [2.45, 2.75) is 89.7 Å². The molecule has 0 unspecified atom stereocenters. The fraction of sp³-hybridized carbons (Fsp3) is 0.857. The van der Waals surface area contributed by atoms with Crippen LogP contribution in [0.3, 0.4) is 0 Å². The van der Waals surface area contributed by atoms with E-state index in [4.69, 9.17) is 4.74 Å². The Morgan fingerprint density at radius 3 is 2.59 bits per heavy atom. The van der Waals surface area contributed by atoms with Crippen molar-refractivity contribution in [1.29, 1.82) is 0 Å². The van der Waals surface area contributed by atoms with Gasteiger partial charge in [0.15, 0.2) is 5.96 Å². The molecule has 2 heterocycles. The molecule has 1 aromatic rings. The number of aliphatic imine (C=N–C) groups is 1. The normalized spacial score (nSPS) is 18.3. The van der Waals surface area contributed by atoms with E-state index in [1.54, 1.807) is 0 Å². The van der Waals surface area contributed by atoms with E-state index in [1.165, 1.54) is 63.6 Å². The number of aromatic nitrogens is 3. The summed E-state index contributed by atoms with van der Waals surface area (Å²) in [4.78, 5) is 4.31. The van der Waals surface area contributed by atoms with E-state index < -0.39 is 0 Å². The maximum absolute atomic E-state index is 6.03. The van der Waals surface area contributed by atoms with Crippen molar-refractivity contribution in [3.05, 3.63) is 11.6 Å². The summed E-state index contributed by atoms with van der Waals surface area (Å²) >= 11 is 0. The molecule has 0 saturated heterocycles. The summed E-state index contributed by atoms with van der Waals surface area (Å²) in [5, 5.41) is 15.6. The lowest BCUT2D eigenvalue weighted by atomic mass is 10.1. The lowest BCUT2D eigenvalue weighted by Crippen LogP contribution is -2.39. The molecule has 1 aliphatic heterocycles. The fourth-order valence-corrected chi connectivity index (χ4v) is 4.21. The van der Waals surface area contributed by atoms with E-state index in [1.807, 2.05) is 7.05 Å². The zero-order valence-corrected chi connectivity index (χ0v) is 20.3. The summed E-state index contributed by atoms with van der Waals surface area (Å²) in [6.45, 7) is 3.51. The zero-order chi connectivity index (χ0) is 19.4. The number of aryl methyl sites for hydroxylation is 2. The van der Waals surface area contributed by atoms with Gasteiger partial charge in [-0.1, -0.05) is 32.1 Å². The van der Waals surface area contributed by atoms with Crippen LogP contribution in [0.2, 0.25) is 0 Å². The third-order valence-electron chi connectivity index (χ3n) is 5.83. The Hall–Kier alpha value is -0.900. The van der Waals surface area contributed by atoms with Crippen LogP contribution in [0.15, 0.2) is 4.99 Å². The average Bonchev–Trinajstić information content (AvgIpc) is 2.91. The van der Waals surface area contributed by atoms with E-state index in [-0.39, 0.29) is 24.0 Å². The van der Waals surface area contributed by atoms with Crippen molar-refractivity contribution < 1.29 is 4.74 Å². The molecule has 2 N–H and O–H groups in total. The molecule has 1 aromatic heterocycles. The van der Waals surface area contributed by atoms with Crippen LogP contribution in [0.4, 0.5) is 0 Å². The van der Waals surface area contributed by atoms with Gasteiger partial charge in [0.25, 0.3) is 0 Å². The lowest BCUT2D eigenvalue weighted by Gasteiger charge is -2.16. The molecule has 0 radical (unpaired) electrons. The Kier molecular flexibility index (Phi) is 11.9. The van der Waals surface area contributed by atoms with Crippen LogP contribution in [-0.4, -0.2) is 53.6 Å². The van der Waals surface area contributed by atoms with Crippen molar-refractivity contribution in [3.8, 4) is 0 Å². The Balaban J connectivity index is 0.00000300. The molecule has 0 spiro atoms. The Labute approximate surface area is 192 Å². The van der Waals surface area contributed by atoms with Crippen LogP contribution >= 0.6 is 24.0 Å². The van der Waals surface area contributed by atoms with Gasteiger partial charge in [-0.25, -0.2) is 0 Å². The third kappa shape index (κ3) is 8.39. The molecule has 8 heteroatoms. The number of hydrogen-bond donors (Lipinski definition) is 2. The molecule has 3 rings (SSSR count). The van der Waals surface area contributed by atoms with Gasteiger partial charge in [-0.2, -0.15) is 0 Å². The van der Waals surface area contributed by atoms with Gasteiger partial charge >= 0.3 is 0 Å². The van der Waals surface area contributed by atoms with Crippen LogP contribution < -0.4 is 10.6 Å². The largest absolute Gasteiger partial charge is 0.376 e. The summed E-state index contributed by atoms with van der Waals surface area (Å²) in [5.41, 5.74) is 0. The molecule has 2 aliphatic rings. The third-order valence-corrected chi connectivity index (χ3v) is 5.83. The SMILES string of the molecule is CN=C(NCCCc1nnc2n1CCCCC2)NCCOC1CCCCCC1.I. The second kappa shape index (κ2) is 14.2. The number of fused-ring (bicyclic) bond motifs is 1. The fourth-order valence-electron chi connectivity index (χ4n) is 4.21. The van der Waals surface area contributed by atoms with Gasteiger partial charge in [0.2, 0.25) is 0 Å². The lowest BCUT2D eigenvalue weighted by molar-refractivity contribution is 0.0468. The molecule has 0 aromatic carbocycles. The molecule has 0 amide bonds. The molecule has 1 fully saturated rings. The summed E-state index contributed by atoms with van der Waals surface area (Å²) in [6.07, 6.45) is 15.1. The highest BCUT2D eigenvalue weighted by atomic mass is 127. The topological polar surface area (TPSA) is 76.4 Å². The monoisotopic (exact) mass is 518 g/mol. The smallest absolute Gasteiger partial charge is 0.191 e. The number of nitrogens with zero attached hydrogens (tertiary/aromatic N) is 4. The summed E-state index contributed by atoms with van der Waals surface area (Å²) in [5.74, 6) is 3.16. The van der Waals surface area contributed by atoms with E-state index in [2.05, 4.69) is 30.4 Å². The Morgan fingerprint density at radius 1 is 1.03 bits per heavy atom. The van der Waals surface area contributed by atoms with Gasteiger partial charge in [-0.15, -0.1) is 34.2 Å². The summed E-state index contributed by atoms with van der Waals surface area (Å²) in [6, 6.07) is 0. The zero-order valence-electron chi connectivity index (χ0n) is 18.0. The minimum atomic E-state index is 0.